The molecule has 2 amide bonds. The number of carbonyl (C=O) groups excluding carboxylic acids is 3. The van der Waals surface area contributed by atoms with E-state index in [0.717, 1.165) is 0 Å². The molecule has 0 aromatic heterocycles. The zero-order valence-electron chi connectivity index (χ0n) is 13.2. The molecule has 1 aliphatic rings. The molecule has 0 saturated carbocycles. The number of aliphatic carboxylic acids is 1. The predicted molar refractivity (Wildman–Crippen MR) is 91.3 cm³/mol. The van der Waals surface area contributed by atoms with Crippen molar-refractivity contribution >= 4 is 34.9 Å². The van der Waals surface area contributed by atoms with E-state index in [2.05, 4.69) is 10.6 Å². The topological polar surface area (TPSA) is 113 Å². The maximum atomic E-state index is 11.2. The zero-order chi connectivity index (χ0) is 18.2. The second kappa shape index (κ2) is 8.39. The lowest BCUT2D eigenvalue weighted by Crippen LogP contribution is -2.23. The van der Waals surface area contributed by atoms with Gasteiger partial charge >= 0.3 is 5.97 Å². The molecular weight excluding hydrogens is 324 g/mol. The van der Waals surface area contributed by atoms with Crippen LogP contribution in [0.4, 0.5) is 11.4 Å². The Bertz CT molecular complexity index is 802. The summed E-state index contributed by atoms with van der Waals surface area (Å²) in [4.78, 5) is 43.2. The van der Waals surface area contributed by atoms with Crippen LogP contribution in [0.5, 0.6) is 0 Å². The Balaban J connectivity index is 0.000000181. The standard InChI is InChI=1S/C9H9NO3.C9H7NO2/c11-8(6-9(12)13)10-7-4-2-1-3-5-7;11-8-5-9(12)10-7-4-2-1-3-6(7)8/h1-5H,6H2,(H,10,11)(H,12,13);1-4H,5H2,(H,10,12). The highest BCUT2D eigenvalue weighted by Crippen LogP contribution is 2.21. The largest absolute Gasteiger partial charge is 0.481 e. The van der Waals surface area contributed by atoms with E-state index >= 15 is 0 Å². The molecule has 0 atom stereocenters. The third-order valence-corrected chi connectivity index (χ3v) is 3.19. The van der Waals surface area contributed by atoms with Crippen LogP contribution in [0.15, 0.2) is 54.6 Å². The van der Waals surface area contributed by atoms with E-state index in [1.54, 1.807) is 48.5 Å². The number of anilines is 2. The molecule has 0 radical (unpaired) electrons. The predicted octanol–water partition coefficient (Wildman–Crippen LogP) is 2.31. The third kappa shape index (κ3) is 5.58. The van der Waals surface area contributed by atoms with Gasteiger partial charge in [-0.15, -0.1) is 0 Å². The summed E-state index contributed by atoms with van der Waals surface area (Å²) in [5.74, 6) is -1.97. The highest BCUT2D eigenvalue weighted by atomic mass is 16.4. The average molecular weight is 340 g/mol. The van der Waals surface area contributed by atoms with E-state index in [1.165, 1.54) is 0 Å². The van der Waals surface area contributed by atoms with Gasteiger partial charge in [-0.3, -0.25) is 19.2 Å². The zero-order valence-corrected chi connectivity index (χ0v) is 13.2. The summed E-state index contributed by atoms with van der Waals surface area (Å²) >= 11 is 0. The smallest absolute Gasteiger partial charge is 0.312 e. The fraction of sp³-hybridized carbons (Fsp3) is 0.111. The van der Waals surface area contributed by atoms with Crippen LogP contribution in [-0.2, 0) is 14.4 Å². The van der Waals surface area contributed by atoms with Crippen LogP contribution in [0.3, 0.4) is 0 Å². The molecule has 0 unspecified atom stereocenters. The number of amides is 2. The molecule has 0 saturated heterocycles. The molecule has 0 bridgehead atoms. The SMILES string of the molecule is O=C(O)CC(=O)Nc1ccccc1.O=C1CC(=O)c2ccccc2N1. The summed E-state index contributed by atoms with van der Waals surface area (Å²) in [5, 5.41) is 13.4. The molecule has 7 heteroatoms. The number of Topliss-reactive ketones (excluding diaryl/α,β-unsaturated/α-hetero) is 1. The van der Waals surface area contributed by atoms with Crippen molar-refractivity contribution in [3.63, 3.8) is 0 Å². The Kier molecular flexibility index (Phi) is 6.00. The van der Waals surface area contributed by atoms with Crippen molar-refractivity contribution in [1.29, 1.82) is 0 Å². The van der Waals surface area contributed by atoms with Crippen LogP contribution < -0.4 is 10.6 Å². The molecule has 2 aromatic carbocycles. The van der Waals surface area contributed by atoms with Crippen LogP contribution in [0.1, 0.15) is 23.2 Å². The molecule has 0 fully saturated rings. The van der Waals surface area contributed by atoms with Gasteiger partial charge in [0, 0.05) is 11.3 Å². The number of ketones is 1. The lowest BCUT2D eigenvalue weighted by Gasteiger charge is -2.14. The molecule has 25 heavy (non-hydrogen) atoms. The van der Waals surface area contributed by atoms with Crippen molar-refractivity contribution in [1.82, 2.24) is 0 Å². The van der Waals surface area contributed by atoms with E-state index in [-0.39, 0.29) is 18.1 Å². The fourth-order valence-electron chi connectivity index (χ4n) is 2.13. The number of carboxylic acid groups (broad SMARTS) is 1. The van der Waals surface area contributed by atoms with E-state index in [9.17, 15) is 19.2 Å². The van der Waals surface area contributed by atoms with Gasteiger partial charge in [-0.1, -0.05) is 30.3 Å². The third-order valence-electron chi connectivity index (χ3n) is 3.19. The number of carbonyl (C=O) groups is 4. The van der Waals surface area contributed by atoms with Crippen molar-refractivity contribution < 1.29 is 24.3 Å². The first-order valence-electron chi connectivity index (χ1n) is 7.44. The van der Waals surface area contributed by atoms with E-state index in [1.807, 2.05) is 6.07 Å². The minimum Gasteiger partial charge on any atom is -0.481 e. The Morgan fingerprint density at radius 3 is 2.32 bits per heavy atom. The maximum Gasteiger partial charge on any atom is 0.312 e. The lowest BCUT2D eigenvalue weighted by molar-refractivity contribution is -0.139. The highest BCUT2D eigenvalue weighted by molar-refractivity contribution is 6.18. The number of fused-ring (bicyclic) bond motifs is 1. The second-order valence-electron chi connectivity index (χ2n) is 5.18. The van der Waals surface area contributed by atoms with E-state index < -0.39 is 18.3 Å². The molecule has 3 rings (SSSR count). The molecule has 0 aliphatic carbocycles. The van der Waals surface area contributed by atoms with E-state index in [0.29, 0.717) is 16.9 Å². The Morgan fingerprint density at radius 2 is 1.64 bits per heavy atom. The number of benzene rings is 2. The molecule has 128 valence electrons. The quantitative estimate of drug-likeness (QED) is 0.742. The Morgan fingerprint density at radius 1 is 1.00 bits per heavy atom. The van der Waals surface area contributed by atoms with Gasteiger partial charge in [0.05, 0.1) is 12.1 Å². The number of hydrogen-bond acceptors (Lipinski definition) is 4. The average Bonchev–Trinajstić information content (AvgIpc) is 2.55. The van der Waals surface area contributed by atoms with Crippen LogP contribution in [0.25, 0.3) is 0 Å². The minimum atomic E-state index is -1.13. The van der Waals surface area contributed by atoms with Crippen LogP contribution in [0, 0.1) is 0 Å². The fourth-order valence-corrected chi connectivity index (χ4v) is 2.13. The number of para-hydroxylation sites is 2. The first-order valence-corrected chi connectivity index (χ1v) is 7.44. The van der Waals surface area contributed by atoms with Crippen LogP contribution >= 0.6 is 0 Å². The van der Waals surface area contributed by atoms with Crippen LogP contribution in [0.2, 0.25) is 0 Å². The van der Waals surface area contributed by atoms with Gasteiger partial charge in [0.15, 0.2) is 5.78 Å². The summed E-state index contributed by atoms with van der Waals surface area (Å²) in [7, 11) is 0. The number of nitrogens with one attached hydrogen (secondary N) is 2. The highest BCUT2D eigenvalue weighted by Gasteiger charge is 2.21. The van der Waals surface area contributed by atoms with Crippen molar-refractivity contribution in [3.05, 3.63) is 60.2 Å². The summed E-state index contributed by atoms with van der Waals surface area (Å²) < 4.78 is 0. The molecule has 0 spiro atoms. The molecule has 3 N–H and O–H groups in total. The molecule has 7 nitrogen and oxygen atoms in total. The van der Waals surface area contributed by atoms with Crippen molar-refractivity contribution in [2.45, 2.75) is 12.8 Å². The van der Waals surface area contributed by atoms with Gasteiger partial charge in [-0.2, -0.15) is 0 Å². The van der Waals surface area contributed by atoms with Crippen molar-refractivity contribution in [2.24, 2.45) is 0 Å². The van der Waals surface area contributed by atoms with Gasteiger partial charge in [0.2, 0.25) is 11.8 Å². The van der Waals surface area contributed by atoms with Gasteiger partial charge < -0.3 is 15.7 Å². The monoisotopic (exact) mass is 340 g/mol. The van der Waals surface area contributed by atoms with Crippen molar-refractivity contribution in [3.8, 4) is 0 Å². The first-order chi connectivity index (χ1) is 12.0. The van der Waals surface area contributed by atoms with Gasteiger partial charge in [-0.25, -0.2) is 0 Å². The number of carboxylic acids is 1. The van der Waals surface area contributed by atoms with Gasteiger partial charge in [0.25, 0.3) is 0 Å². The van der Waals surface area contributed by atoms with E-state index in [4.69, 9.17) is 5.11 Å². The minimum absolute atomic E-state index is 0.0307. The van der Waals surface area contributed by atoms with Crippen LogP contribution in [-0.4, -0.2) is 28.7 Å². The lowest BCUT2D eigenvalue weighted by atomic mass is 10.0. The second-order valence-corrected chi connectivity index (χ2v) is 5.18. The molecule has 1 heterocycles. The Labute approximate surface area is 143 Å². The summed E-state index contributed by atoms with van der Waals surface area (Å²) in [6, 6.07) is 15.7. The maximum absolute atomic E-state index is 11.2. The molecular formula is C18H16N2O5. The molecule has 1 aliphatic heterocycles. The van der Waals surface area contributed by atoms with Crippen molar-refractivity contribution in [2.75, 3.05) is 10.6 Å². The molecule has 2 aromatic rings. The Hall–Kier alpha value is -3.48. The summed E-state index contributed by atoms with van der Waals surface area (Å²) in [5.41, 5.74) is 1.84. The first kappa shape index (κ1) is 17.9. The normalized spacial score (nSPS) is 12.2. The summed E-state index contributed by atoms with van der Waals surface area (Å²) in [6.07, 6.45) is -0.536. The number of rotatable bonds is 3. The summed E-state index contributed by atoms with van der Waals surface area (Å²) in [6.45, 7) is 0. The van der Waals surface area contributed by atoms with Gasteiger partial charge in [0.1, 0.15) is 6.42 Å². The number of hydrogen-bond donors (Lipinski definition) is 3. The van der Waals surface area contributed by atoms with Gasteiger partial charge in [-0.05, 0) is 24.3 Å².